The molecule has 0 aromatic carbocycles. The quantitative estimate of drug-likeness (QED) is 0.756. The van der Waals surface area contributed by atoms with Crippen LogP contribution in [0.4, 0.5) is 0 Å². The van der Waals surface area contributed by atoms with Gasteiger partial charge in [0.25, 0.3) is 0 Å². The lowest BCUT2D eigenvalue weighted by Gasteiger charge is -2.14. The number of nitrogens with zero attached hydrogens (tertiary/aromatic N) is 1. The lowest BCUT2D eigenvalue weighted by Crippen LogP contribution is -2.33. The number of carbonyl (C=O) groups excluding carboxylic acids is 1. The number of thiophene rings is 1. The van der Waals surface area contributed by atoms with Crippen LogP contribution in [0.3, 0.4) is 0 Å². The molecular weight excluding hydrogens is 322 g/mol. The van der Waals surface area contributed by atoms with Crippen molar-refractivity contribution in [2.75, 3.05) is 6.54 Å². The van der Waals surface area contributed by atoms with Crippen molar-refractivity contribution in [1.29, 1.82) is 0 Å². The first kappa shape index (κ1) is 17.0. The number of halogens is 1. The molecule has 0 saturated carbocycles. The van der Waals surface area contributed by atoms with Gasteiger partial charge in [-0.15, -0.1) is 11.3 Å². The van der Waals surface area contributed by atoms with Crippen LogP contribution in [0.5, 0.6) is 0 Å². The predicted molar refractivity (Wildman–Crippen MR) is 88.2 cm³/mol. The van der Waals surface area contributed by atoms with Gasteiger partial charge in [-0.3, -0.25) is 9.89 Å². The van der Waals surface area contributed by atoms with Gasteiger partial charge >= 0.3 is 0 Å². The second-order valence-corrected chi connectivity index (χ2v) is 7.17. The van der Waals surface area contributed by atoms with Gasteiger partial charge in [-0.25, -0.2) is 0 Å². The van der Waals surface area contributed by atoms with Crippen molar-refractivity contribution in [3.63, 3.8) is 0 Å². The van der Waals surface area contributed by atoms with Crippen molar-refractivity contribution in [3.05, 3.63) is 38.3 Å². The van der Waals surface area contributed by atoms with Gasteiger partial charge in [-0.2, -0.15) is 5.10 Å². The number of H-pyrrole nitrogens is 1. The van der Waals surface area contributed by atoms with Crippen molar-refractivity contribution >= 4 is 28.8 Å². The van der Waals surface area contributed by atoms with E-state index in [1.807, 2.05) is 20.8 Å². The number of aliphatic hydroxyl groups is 1. The van der Waals surface area contributed by atoms with E-state index in [2.05, 4.69) is 15.5 Å². The normalized spacial score (nSPS) is 13.9. The maximum absolute atomic E-state index is 12.2. The van der Waals surface area contributed by atoms with Crippen LogP contribution in [0.2, 0.25) is 4.34 Å². The Bertz CT molecular complexity index is 634. The highest BCUT2D eigenvalue weighted by Gasteiger charge is 2.19. The summed E-state index contributed by atoms with van der Waals surface area (Å²) < 4.78 is 0.625. The third kappa shape index (κ3) is 4.09. The summed E-state index contributed by atoms with van der Waals surface area (Å²) in [6.07, 6.45) is -0.105. The fraction of sp³-hybridized carbons (Fsp3) is 0.467. The number of amides is 1. The van der Waals surface area contributed by atoms with Crippen LogP contribution in [-0.2, 0) is 11.2 Å². The molecule has 2 unspecified atom stereocenters. The zero-order valence-corrected chi connectivity index (χ0v) is 14.4. The number of hydrogen-bond donors (Lipinski definition) is 3. The van der Waals surface area contributed by atoms with E-state index in [1.54, 1.807) is 12.1 Å². The Labute approximate surface area is 138 Å². The summed E-state index contributed by atoms with van der Waals surface area (Å²) in [5.74, 6) is -0.268. The van der Waals surface area contributed by atoms with Crippen LogP contribution in [0.1, 0.15) is 34.9 Å². The SMILES string of the molecule is Cc1n[nH]c(C)c1CC(C)C(=O)NCC(O)c1ccc(Cl)s1. The van der Waals surface area contributed by atoms with E-state index in [0.717, 1.165) is 21.8 Å². The number of aromatic nitrogens is 2. The molecule has 0 fully saturated rings. The molecule has 0 radical (unpaired) electrons. The van der Waals surface area contributed by atoms with Crippen molar-refractivity contribution in [2.45, 2.75) is 33.3 Å². The molecule has 0 saturated heterocycles. The van der Waals surface area contributed by atoms with Crippen LogP contribution in [-0.4, -0.2) is 27.8 Å². The number of aryl methyl sites for hydroxylation is 2. The van der Waals surface area contributed by atoms with Crippen molar-refractivity contribution in [2.24, 2.45) is 5.92 Å². The van der Waals surface area contributed by atoms with E-state index in [1.165, 1.54) is 11.3 Å². The molecule has 0 aliphatic carbocycles. The minimum absolute atomic E-state index is 0.0818. The highest BCUT2D eigenvalue weighted by molar-refractivity contribution is 7.16. The predicted octanol–water partition coefficient (Wildman–Crippen LogP) is 2.77. The molecule has 0 aliphatic heterocycles. The standard InChI is InChI=1S/C15H20ClN3O2S/c1-8(6-11-9(2)18-19-10(11)3)15(21)17-7-12(20)13-4-5-14(16)22-13/h4-5,8,12,20H,6-7H2,1-3H3,(H,17,21)(H,18,19). The summed E-state index contributed by atoms with van der Waals surface area (Å²) in [5, 5.41) is 19.9. The smallest absolute Gasteiger partial charge is 0.223 e. The van der Waals surface area contributed by atoms with Crippen LogP contribution >= 0.6 is 22.9 Å². The Balaban J connectivity index is 1.86. The second kappa shape index (κ2) is 7.26. The first-order valence-electron chi connectivity index (χ1n) is 7.10. The van der Waals surface area contributed by atoms with Crippen molar-refractivity contribution in [3.8, 4) is 0 Å². The number of hydrogen-bond acceptors (Lipinski definition) is 4. The molecule has 2 rings (SSSR count). The van der Waals surface area contributed by atoms with E-state index in [0.29, 0.717) is 10.8 Å². The Kier molecular flexibility index (Phi) is 5.61. The molecule has 2 aromatic heterocycles. The summed E-state index contributed by atoms with van der Waals surface area (Å²) in [6, 6.07) is 3.51. The Morgan fingerprint density at radius 2 is 2.23 bits per heavy atom. The van der Waals surface area contributed by atoms with E-state index in [-0.39, 0.29) is 18.4 Å². The molecule has 0 bridgehead atoms. The van der Waals surface area contributed by atoms with E-state index in [9.17, 15) is 9.90 Å². The van der Waals surface area contributed by atoms with E-state index in [4.69, 9.17) is 11.6 Å². The zero-order valence-electron chi connectivity index (χ0n) is 12.8. The number of nitrogens with one attached hydrogen (secondary N) is 2. The minimum atomic E-state index is -0.731. The van der Waals surface area contributed by atoms with Crippen LogP contribution in [0.25, 0.3) is 0 Å². The Hall–Kier alpha value is -1.37. The fourth-order valence-electron chi connectivity index (χ4n) is 2.25. The van der Waals surface area contributed by atoms with Gasteiger partial charge in [-0.05, 0) is 38.0 Å². The number of rotatable bonds is 6. The molecule has 1 amide bonds. The van der Waals surface area contributed by atoms with Crippen molar-refractivity contribution < 1.29 is 9.90 Å². The number of aliphatic hydroxyl groups excluding tert-OH is 1. The highest BCUT2D eigenvalue weighted by Crippen LogP contribution is 2.26. The third-order valence-electron chi connectivity index (χ3n) is 3.63. The Morgan fingerprint density at radius 1 is 1.50 bits per heavy atom. The molecule has 7 heteroatoms. The molecule has 2 heterocycles. The molecule has 0 spiro atoms. The van der Waals surface area contributed by atoms with Crippen LogP contribution in [0.15, 0.2) is 12.1 Å². The minimum Gasteiger partial charge on any atom is -0.386 e. The lowest BCUT2D eigenvalue weighted by atomic mass is 9.99. The van der Waals surface area contributed by atoms with Gasteiger partial charge in [0.15, 0.2) is 0 Å². The van der Waals surface area contributed by atoms with E-state index < -0.39 is 6.10 Å². The summed E-state index contributed by atoms with van der Waals surface area (Å²) in [6.45, 7) is 5.93. The average molecular weight is 342 g/mol. The van der Waals surface area contributed by atoms with Crippen LogP contribution in [0, 0.1) is 19.8 Å². The van der Waals surface area contributed by atoms with Gasteiger partial charge in [0.2, 0.25) is 5.91 Å². The van der Waals surface area contributed by atoms with Crippen LogP contribution < -0.4 is 5.32 Å². The van der Waals surface area contributed by atoms with E-state index >= 15 is 0 Å². The molecule has 0 aliphatic rings. The summed E-state index contributed by atoms with van der Waals surface area (Å²) in [4.78, 5) is 12.9. The topological polar surface area (TPSA) is 78.0 Å². The molecule has 3 N–H and O–H groups in total. The fourth-order valence-corrected chi connectivity index (χ4v) is 3.30. The molecule has 120 valence electrons. The summed E-state index contributed by atoms with van der Waals surface area (Å²) >= 11 is 7.15. The molecule has 5 nitrogen and oxygen atoms in total. The monoisotopic (exact) mass is 341 g/mol. The highest BCUT2D eigenvalue weighted by atomic mass is 35.5. The zero-order chi connectivity index (χ0) is 16.3. The largest absolute Gasteiger partial charge is 0.386 e. The second-order valence-electron chi connectivity index (χ2n) is 5.42. The van der Waals surface area contributed by atoms with Crippen molar-refractivity contribution in [1.82, 2.24) is 15.5 Å². The van der Waals surface area contributed by atoms with Gasteiger partial charge < -0.3 is 10.4 Å². The molecule has 2 aromatic rings. The number of aromatic amines is 1. The Morgan fingerprint density at radius 3 is 2.77 bits per heavy atom. The van der Waals surface area contributed by atoms with Gasteiger partial charge in [-0.1, -0.05) is 18.5 Å². The number of carbonyl (C=O) groups is 1. The molecule has 2 atom stereocenters. The first-order chi connectivity index (χ1) is 10.4. The molecule has 22 heavy (non-hydrogen) atoms. The average Bonchev–Trinajstić information content (AvgIpc) is 3.05. The molecular formula is C15H20ClN3O2S. The first-order valence-corrected chi connectivity index (χ1v) is 8.29. The van der Waals surface area contributed by atoms with Gasteiger partial charge in [0, 0.05) is 23.0 Å². The summed E-state index contributed by atoms with van der Waals surface area (Å²) in [5.41, 5.74) is 2.99. The maximum Gasteiger partial charge on any atom is 0.223 e. The summed E-state index contributed by atoms with van der Waals surface area (Å²) in [7, 11) is 0. The van der Waals surface area contributed by atoms with Gasteiger partial charge in [0.05, 0.1) is 10.0 Å². The lowest BCUT2D eigenvalue weighted by molar-refractivity contribution is -0.124. The maximum atomic E-state index is 12.2. The third-order valence-corrected chi connectivity index (χ3v) is 4.96. The van der Waals surface area contributed by atoms with Gasteiger partial charge in [0.1, 0.15) is 6.10 Å².